The average molecular weight is 246 g/mol. The largest absolute Gasteiger partial charge is 0.477 e. The molecule has 0 bridgehead atoms. The predicted molar refractivity (Wildman–Crippen MR) is 70.3 cm³/mol. The first kappa shape index (κ1) is 14.0. The van der Waals surface area contributed by atoms with Crippen molar-refractivity contribution in [2.24, 2.45) is 5.41 Å². The highest BCUT2D eigenvalue weighted by atomic mass is 16.5. The number of nitriles is 1. The van der Waals surface area contributed by atoms with Crippen LogP contribution in [0.2, 0.25) is 0 Å². The van der Waals surface area contributed by atoms with E-state index in [0.717, 1.165) is 6.42 Å². The maximum Gasteiger partial charge on any atom is 0.230 e. The summed E-state index contributed by atoms with van der Waals surface area (Å²) in [6.45, 7) is 5.71. The van der Waals surface area contributed by atoms with Crippen LogP contribution in [0.15, 0.2) is 24.3 Å². The number of benzene rings is 1. The molecule has 0 aliphatic carbocycles. The third-order valence-electron chi connectivity index (χ3n) is 2.93. The number of nitrogens with zero attached hydrogens (tertiary/aromatic N) is 1. The Morgan fingerprint density at radius 2 is 2.11 bits per heavy atom. The van der Waals surface area contributed by atoms with Crippen molar-refractivity contribution in [3.05, 3.63) is 24.3 Å². The van der Waals surface area contributed by atoms with Crippen LogP contribution in [-0.4, -0.2) is 12.5 Å². The van der Waals surface area contributed by atoms with Gasteiger partial charge in [0.05, 0.1) is 5.69 Å². The van der Waals surface area contributed by atoms with E-state index in [1.54, 1.807) is 18.2 Å². The van der Waals surface area contributed by atoms with Crippen LogP contribution in [0, 0.1) is 16.7 Å². The summed E-state index contributed by atoms with van der Waals surface area (Å²) < 4.78 is 5.26. The molecule has 0 atom stereocenters. The van der Waals surface area contributed by atoms with Crippen LogP contribution < -0.4 is 10.1 Å². The summed E-state index contributed by atoms with van der Waals surface area (Å²) in [5.41, 5.74) is 0.168. The second-order valence-electron chi connectivity index (χ2n) is 4.63. The van der Waals surface area contributed by atoms with Crippen LogP contribution in [0.4, 0.5) is 5.69 Å². The molecule has 0 unspecified atom stereocenters. The van der Waals surface area contributed by atoms with E-state index in [-0.39, 0.29) is 12.5 Å². The standard InChI is InChI=1S/C14H18N2O2/c1-4-14(2,3)13(17)16-11-7-5-6-8-12(11)18-10-9-15/h5-8H,4,10H2,1-3H3,(H,16,17). The molecule has 1 rings (SSSR count). The van der Waals surface area contributed by atoms with Gasteiger partial charge < -0.3 is 10.1 Å². The van der Waals surface area contributed by atoms with E-state index in [9.17, 15) is 4.79 Å². The van der Waals surface area contributed by atoms with Gasteiger partial charge in [0, 0.05) is 5.41 Å². The molecule has 1 N–H and O–H groups in total. The summed E-state index contributed by atoms with van der Waals surface area (Å²) in [6, 6.07) is 9.00. The molecule has 1 aromatic rings. The lowest BCUT2D eigenvalue weighted by molar-refractivity contribution is -0.124. The van der Waals surface area contributed by atoms with E-state index >= 15 is 0 Å². The number of carbonyl (C=O) groups excluding carboxylic acids is 1. The first-order chi connectivity index (χ1) is 8.51. The van der Waals surface area contributed by atoms with Crippen molar-refractivity contribution >= 4 is 11.6 Å². The monoisotopic (exact) mass is 246 g/mol. The number of rotatable bonds is 5. The number of ether oxygens (including phenoxy) is 1. The lowest BCUT2D eigenvalue weighted by Crippen LogP contribution is -2.30. The van der Waals surface area contributed by atoms with Gasteiger partial charge in [0.1, 0.15) is 11.8 Å². The van der Waals surface area contributed by atoms with Gasteiger partial charge >= 0.3 is 0 Å². The molecule has 0 radical (unpaired) electrons. The zero-order chi connectivity index (χ0) is 13.6. The zero-order valence-corrected chi connectivity index (χ0v) is 11.0. The molecule has 4 nitrogen and oxygen atoms in total. The Balaban J connectivity index is 2.85. The summed E-state index contributed by atoms with van der Waals surface area (Å²) in [5, 5.41) is 11.3. The lowest BCUT2D eigenvalue weighted by atomic mass is 9.89. The van der Waals surface area contributed by atoms with Gasteiger partial charge in [0.2, 0.25) is 5.91 Å². The second-order valence-corrected chi connectivity index (χ2v) is 4.63. The number of hydrogen-bond donors (Lipinski definition) is 1. The average Bonchev–Trinajstić information content (AvgIpc) is 2.37. The smallest absolute Gasteiger partial charge is 0.230 e. The molecule has 96 valence electrons. The molecule has 0 aliphatic rings. The highest BCUT2D eigenvalue weighted by Gasteiger charge is 2.25. The van der Waals surface area contributed by atoms with E-state index in [1.807, 2.05) is 32.9 Å². The fraction of sp³-hybridized carbons (Fsp3) is 0.429. The van der Waals surface area contributed by atoms with Crippen molar-refractivity contribution in [2.75, 3.05) is 11.9 Å². The van der Waals surface area contributed by atoms with Crippen LogP contribution in [0.1, 0.15) is 27.2 Å². The number of anilines is 1. The summed E-state index contributed by atoms with van der Waals surface area (Å²) in [6.07, 6.45) is 0.750. The normalized spacial score (nSPS) is 10.6. The number of para-hydroxylation sites is 2. The van der Waals surface area contributed by atoms with E-state index in [2.05, 4.69) is 5.32 Å². The minimum atomic E-state index is -0.428. The number of hydrogen-bond acceptors (Lipinski definition) is 3. The maximum absolute atomic E-state index is 12.1. The minimum Gasteiger partial charge on any atom is -0.477 e. The predicted octanol–water partition coefficient (Wildman–Crippen LogP) is 2.96. The Labute approximate surface area is 108 Å². The van der Waals surface area contributed by atoms with Crippen LogP contribution in [0.3, 0.4) is 0 Å². The van der Waals surface area contributed by atoms with Crippen molar-refractivity contribution in [1.82, 2.24) is 0 Å². The molecule has 0 heterocycles. The van der Waals surface area contributed by atoms with Crippen molar-refractivity contribution in [3.63, 3.8) is 0 Å². The maximum atomic E-state index is 12.1. The highest BCUT2D eigenvalue weighted by Crippen LogP contribution is 2.27. The molecule has 0 saturated heterocycles. The quantitative estimate of drug-likeness (QED) is 0.868. The Morgan fingerprint density at radius 3 is 2.72 bits per heavy atom. The van der Waals surface area contributed by atoms with Crippen molar-refractivity contribution < 1.29 is 9.53 Å². The van der Waals surface area contributed by atoms with Crippen molar-refractivity contribution in [1.29, 1.82) is 5.26 Å². The van der Waals surface area contributed by atoms with Crippen LogP contribution >= 0.6 is 0 Å². The Bertz CT molecular complexity index is 461. The summed E-state index contributed by atoms with van der Waals surface area (Å²) in [7, 11) is 0. The molecule has 0 spiro atoms. The lowest BCUT2D eigenvalue weighted by Gasteiger charge is -2.22. The van der Waals surface area contributed by atoms with Gasteiger partial charge in [-0.1, -0.05) is 32.9 Å². The fourth-order valence-corrected chi connectivity index (χ4v) is 1.26. The summed E-state index contributed by atoms with van der Waals surface area (Å²) in [5.74, 6) is 0.456. The fourth-order valence-electron chi connectivity index (χ4n) is 1.26. The van der Waals surface area contributed by atoms with Gasteiger partial charge in [-0.2, -0.15) is 5.26 Å². The molecule has 1 amide bonds. The SMILES string of the molecule is CCC(C)(C)C(=O)Nc1ccccc1OCC#N. The van der Waals surface area contributed by atoms with Gasteiger partial charge in [-0.3, -0.25) is 4.79 Å². The minimum absolute atomic E-state index is 0.0376. The van der Waals surface area contributed by atoms with Gasteiger partial charge in [-0.25, -0.2) is 0 Å². The van der Waals surface area contributed by atoms with Gasteiger partial charge in [0.15, 0.2) is 6.61 Å². The van der Waals surface area contributed by atoms with Crippen molar-refractivity contribution in [2.45, 2.75) is 27.2 Å². The Hall–Kier alpha value is -2.02. The molecule has 0 aromatic heterocycles. The van der Waals surface area contributed by atoms with E-state index < -0.39 is 5.41 Å². The van der Waals surface area contributed by atoms with E-state index in [1.165, 1.54) is 0 Å². The number of amides is 1. The second kappa shape index (κ2) is 6.06. The molecule has 0 fully saturated rings. The van der Waals surface area contributed by atoms with Crippen molar-refractivity contribution in [3.8, 4) is 11.8 Å². The van der Waals surface area contributed by atoms with Crippen LogP contribution in [0.5, 0.6) is 5.75 Å². The molecule has 0 aliphatic heterocycles. The summed E-state index contributed by atoms with van der Waals surface area (Å²) in [4.78, 5) is 12.1. The zero-order valence-electron chi connectivity index (χ0n) is 11.0. The molecule has 1 aromatic carbocycles. The van der Waals surface area contributed by atoms with E-state index in [0.29, 0.717) is 11.4 Å². The number of nitrogens with one attached hydrogen (secondary N) is 1. The summed E-state index contributed by atoms with van der Waals surface area (Å²) >= 11 is 0. The van der Waals surface area contributed by atoms with Crippen LogP contribution in [-0.2, 0) is 4.79 Å². The Morgan fingerprint density at radius 1 is 1.44 bits per heavy atom. The third kappa shape index (κ3) is 3.49. The van der Waals surface area contributed by atoms with Crippen LogP contribution in [0.25, 0.3) is 0 Å². The molecule has 4 heteroatoms. The van der Waals surface area contributed by atoms with Gasteiger partial charge in [-0.05, 0) is 18.6 Å². The Kier molecular flexibility index (Phi) is 4.73. The van der Waals surface area contributed by atoms with E-state index in [4.69, 9.17) is 10.00 Å². The molecular formula is C14H18N2O2. The highest BCUT2D eigenvalue weighted by molar-refractivity contribution is 5.95. The molecule has 18 heavy (non-hydrogen) atoms. The first-order valence-electron chi connectivity index (χ1n) is 5.91. The third-order valence-corrected chi connectivity index (χ3v) is 2.93. The number of carbonyl (C=O) groups is 1. The molecule has 0 saturated carbocycles. The van der Waals surface area contributed by atoms with Gasteiger partial charge in [-0.15, -0.1) is 0 Å². The first-order valence-corrected chi connectivity index (χ1v) is 5.91. The molecular weight excluding hydrogens is 228 g/mol. The topological polar surface area (TPSA) is 62.1 Å². The van der Waals surface area contributed by atoms with Gasteiger partial charge in [0.25, 0.3) is 0 Å².